The molecule has 3 rings (SSSR count). The van der Waals surface area contributed by atoms with Crippen LogP contribution < -0.4 is 10.0 Å². The fourth-order valence-electron chi connectivity index (χ4n) is 2.97. The Hall–Kier alpha value is -2.23. The minimum Gasteiger partial charge on any atom is -0.337 e. The first-order chi connectivity index (χ1) is 12.8. The van der Waals surface area contributed by atoms with Crippen LogP contribution in [0.25, 0.3) is 0 Å². The molecule has 0 bridgehead atoms. The molecule has 2 aromatic carbocycles. The Labute approximate surface area is 168 Å². The van der Waals surface area contributed by atoms with Gasteiger partial charge in [0.2, 0.25) is 0 Å². The number of hydrogen-bond donors (Lipinski definition) is 2. The minimum atomic E-state index is -4.42. The number of anilines is 1. The highest BCUT2D eigenvalue weighted by atomic mass is 35.5. The van der Waals surface area contributed by atoms with Gasteiger partial charge in [0.1, 0.15) is 16.5 Å². The molecule has 1 unspecified atom stereocenters. The Morgan fingerprint density at radius 1 is 1.21 bits per heavy atom. The monoisotopic (exact) mass is 431 g/mol. The van der Waals surface area contributed by atoms with Gasteiger partial charge in [-0.25, -0.2) is 17.2 Å². The van der Waals surface area contributed by atoms with Gasteiger partial charge in [0, 0.05) is 19.6 Å². The van der Waals surface area contributed by atoms with Crippen LogP contribution in [0.5, 0.6) is 0 Å². The number of carbonyl (C=O) groups excluding carboxylic acids is 1. The standard InChI is InChI=1S/C18H19F2N3O3S.ClH/c1-23(13-8-9-21-11-13)18(24)14-4-2-3-5-16(14)22-27(25,26)17-10-12(19)6-7-15(17)20;/h2-7,10,13,21-22H,8-9,11H2,1H3;1H. The molecule has 1 aliphatic rings. The summed E-state index contributed by atoms with van der Waals surface area (Å²) in [6.45, 7) is 1.46. The fraction of sp³-hybridized carbons (Fsp3) is 0.278. The predicted octanol–water partition coefficient (Wildman–Crippen LogP) is 2.62. The molecule has 1 fully saturated rings. The lowest BCUT2D eigenvalue weighted by atomic mass is 10.1. The molecule has 0 spiro atoms. The SMILES string of the molecule is CN(C(=O)c1ccccc1NS(=O)(=O)c1cc(F)ccc1F)C1CCNC1.Cl. The average molecular weight is 432 g/mol. The molecule has 0 aromatic heterocycles. The molecule has 1 aliphatic heterocycles. The van der Waals surface area contributed by atoms with Crippen molar-refractivity contribution in [3.05, 3.63) is 59.7 Å². The van der Waals surface area contributed by atoms with Crippen LogP contribution in [0.2, 0.25) is 0 Å². The molecule has 1 atom stereocenters. The van der Waals surface area contributed by atoms with Gasteiger partial charge in [-0.1, -0.05) is 12.1 Å². The van der Waals surface area contributed by atoms with Gasteiger partial charge in [-0.05, 0) is 43.3 Å². The van der Waals surface area contributed by atoms with Crippen LogP contribution in [0.4, 0.5) is 14.5 Å². The summed E-state index contributed by atoms with van der Waals surface area (Å²) in [5, 5.41) is 3.16. The summed E-state index contributed by atoms with van der Waals surface area (Å²) >= 11 is 0. The first-order valence-corrected chi connectivity index (χ1v) is 9.82. The van der Waals surface area contributed by atoms with E-state index in [9.17, 15) is 22.0 Å². The van der Waals surface area contributed by atoms with E-state index in [1.165, 1.54) is 12.1 Å². The normalized spacial score (nSPS) is 16.3. The number of sulfonamides is 1. The number of nitrogens with zero attached hydrogens (tertiary/aromatic N) is 1. The molecule has 0 radical (unpaired) electrons. The maximum atomic E-state index is 13.9. The molecular formula is C18H20ClF2N3O3S. The quantitative estimate of drug-likeness (QED) is 0.762. The van der Waals surface area contributed by atoms with Crippen molar-refractivity contribution >= 4 is 34.0 Å². The summed E-state index contributed by atoms with van der Waals surface area (Å²) in [6.07, 6.45) is 0.796. The predicted molar refractivity (Wildman–Crippen MR) is 104 cm³/mol. The third kappa shape index (κ3) is 4.60. The maximum Gasteiger partial charge on any atom is 0.264 e. The second-order valence-electron chi connectivity index (χ2n) is 6.29. The van der Waals surface area contributed by atoms with Crippen LogP contribution in [-0.2, 0) is 10.0 Å². The lowest BCUT2D eigenvalue weighted by molar-refractivity contribution is 0.0745. The number of benzene rings is 2. The van der Waals surface area contributed by atoms with E-state index in [0.29, 0.717) is 12.6 Å². The number of carbonyl (C=O) groups is 1. The average Bonchev–Trinajstić information content (AvgIpc) is 3.17. The molecule has 1 amide bonds. The van der Waals surface area contributed by atoms with Crippen LogP contribution in [0.3, 0.4) is 0 Å². The number of halogens is 3. The van der Waals surface area contributed by atoms with E-state index in [2.05, 4.69) is 10.0 Å². The molecule has 10 heteroatoms. The van der Waals surface area contributed by atoms with E-state index in [0.717, 1.165) is 25.1 Å². The number of nitrogens with one attached hydrogen (secondary N) is 2. The van der Waals surface area contributed by atoms with Gasteiger partial charge in [-0.15, -0.1) is 12.4 Å². The molecule has 1 saturated heterocycles. The molecule has 6 nitrogen and oxygen atoms in total. The van der Waals surface area contributed by atoms with E-state index in [4.69, 9.17) is 0 Å². The lowest BCUT2D eigenvalue weighted by Gasteiger charge is -2.25. The van der Waals surface area contributed by atoms with Crippen LogP contribution in [0.15, 0.2) is 47.4 Å². The minimum absolute atomic E-state index is 0. The Morgan fingerprint density at radius 2 is 1.93 bits per heavy atom. The number of para-hydroxylation sites is 1. The third-order valence-corrected chi connectivity index (χ3v) is 5.87. The summed E-state index contributed by atoms with van der Waals surface area (Å²) < 4.78 is 54.5. The van der Waals surface area contributed by atoms with Gasteiger partial charge < -0.3 is 10.2 Å². The summed E-state index contributed by atoms with van der Waals surface area (Å²) in [6, 6.07) is 8.21. The van der Waals surface area contributed by atoms with Crippen LogP contribution in [0.1, 0.15) is 16.8 Å². The highest BCUT2D eigenvalue weighted by Gasteiger charge is 2.27. The first kappa shape index (κ1) is 22.1. The maximum absolute atomic E-state index is 13.9. The highest BCUT2D eigenvalue weighted by molar-refractivity contribution is 7.92. The van der Waals surface area contributed by atoms with Crippen molar-refractivity contribution in [1.29, 1.82) is 0 Å². The van der Waals surface area contributed by atoms with Crippen molar-refractivity contribution in [3.8, 4) is 0 Å². The Bertz CT molecular complexity index is 966. The Kier molecular flexibility index (Phi) is 6.97. The number of likely N-dealkylation sites (N-methyl/N-ethyl adjacent to an activating group) is 1. The zero-order chi connectivity index (χ0) is 19.6. The number of hydrogen-bond acceptors (Lipinski definition) is 4. The molecule has 28 heavy (non-hydrogen) atoms. The van der Waals surface area contributed by atoms with E-state index in [1.54, 1.807) is 24.1 Å². The largest absolute Gasteiger partial charge is 0.337 e. The highest BCUT2D eigenvalue weighted by Crippen LogP contribution is 2.24. The summed E-state index contributed by atoms with van der Waals surface area (Å²) in [5.74, 6) is -2.32. The Balaban J connectivity index is 0.00000280. The molecule has 1 heterocycles. The van der Waals surface area contributed by atoms with E-state index in [-0.39, 0.29) is 35.6 Å². The van der Waals surface area contributed by atoms with Crippen molar-refractivity contribution in [3.63, 3.8) is 0 Å². The van der Waals surface area contributed by atoms with Crippen molar-refractivity contribution in [2.24, 2.45) is 0 Å². The van der Waals surface area contributed by atoms with Gasteiger partial charge in [0.25, 0.3) is 15.9 Å². The molecule has 152 valence electrons. The lowest BCUT2D eigenvalue weighted by Crippen LogP contribution is -2.38. The van der Waals surface area contributed by atoms with Crippen molar-refractivity contribution in [2.45, 2.75) is 17.4 Å². The summed E-state index contributed by atoms with van der Waals surface area (Å²) in [5.41, 5.74) is 0.135. The van der Waals surface area contributed by atoms with Gasteiger partial charge in [-0.2, -0.15) is 0 Å². The molecule has 0 saturated carbocycles. The van der Waals surface area contributed by atoms with Gasteiger partial charge in [-0.3, -0.25) is 9.52 Å². The zero-order valence-corrected chi connectivity index (χ0v) is 16.6. The van der Waals surface area contributed by atoms with E-state index >= 15 is 0 Å². The molecule has 2 N–H and O–H groups in total. The first-order valence-electron chi connectivity index (χ1n) is 8.34. The van der Waals surface area contributed by atoms with Crippen molar-refractivity contribution < 1.29 is 22.0 Å². The van der Waals surface area contributed by atoms with Gasteiger partial charge in [0.05, 0.1) is 11.3 Å². The summed E-state index contributed by atoms with van der Waals surface area (Å²) in [4.78, 5) is 13.6. The second kappa shape index (κ2) is 8.85. The van der Waals surface area contributed by atoms with Crippen molar-refractivity contribution in [2.75, 3.05) is 24.9 Å². The Morgan fingerprint density at radius 3 is 2.61 bits per heavy atom. The topological polar surface area (TPSA) is 78.5 Å². The zero-order valence-electron chi connectivity index (χ0n) is 15.0. The van der Waals surface area contributed by atoms with Crippen LogP contribution >= 0.6 is 12.4 Å². The molecular weight excluding hydrogens is 412 g/mol. The van der Waals surface area contributed by atoms with Gasteiger partial charge in [0.15, 0.2) is 0 Å². The molecule has 2 aromatic rings. The number of rotatable bonds is 5. The molecule has 0 aliphatic carbocycles. The fourth-order valence-corrected chi connectivity index (χ4v) is 4.14. The van der Waals surface area contributed by atoms with Crippen LogP contribution in [0, 0.1) is 11.6 Å². The van der Waals surface area contributed by atoms with E-state index < -0.39 is 26.6 Å². The van der Waals surface area contributed by atoms with Crippen LogP contribution in [-0.4, -0.2) is 45.4 Å². The van der Waals surface area contributed by atoms with E-state index in [1.807, 2.05) is 0 Å². The van der Waals surface area contributed by atoms with Gasteiger partial charge >= 0.3 is 0 Å². The van der Waals surface area contributed by atoms with Crippen molar-refractivity contribution in [1.82, 2.24) is 10.2 Å². The summed E-state index contributed by atoms with van der Waals surface area (Å²) in [7, 11) is -2.77. The smallest absolute Gasteiger partial charge is 0.264 e. The number of amides is 1. The third-order valence-electron chi connectivity index (χ3n) is 4.49. The second-order valence-corrected chi connectivity index (χ2v) is 7.94.